The Kier molecular flexibility index (Phi) is 6.52. The summed E-state index contributed by atoms with van der Waals surface area (Å²) >= 11 is 0. The minimum atomic E-state index is 0.159. The minimum Gasteiger partial charge on any atom is -0.355 e. The predicted molar refractivity (Wildman–Crippen MR) is 70.7 cm³/mol. The fraction of sp³-hybridized carbons (Fsp3) is 0.923. The van der Waals surface area contributed by atoms with E-state index in [0.29, 0.717) is 18.4 Å². The zero-order chi connectivity index (χ0) is 12.7. The molecule has 1 saturated heterocycles. The van der Waals surface area contributed by atoms with Gasteiger partial charge in [0.1, 0.15) is 0 Å². The Balaban J connectivity index is 2.23. The van der Waals surface area contributed by atoms with Crippen LogP contribution in [0.15, 0.2) is 0 Å². The van der Waals surface area contributed by atoms with Gasteiger partial charge in [-0.2, -0.15) is 0 Å². The smallest absolute Gasteiger partial charge is 0.234 e. The summed E-state index contributed by atoms with van der Waals surface area (Å²) < 4.78 is 0. The van der Waals surface area contributed by atoms with Crippen molar-refractivity contribution in [3.8, 4) is 0 Å². The zero-order valence-electron chi connectivity index (χ0n) is 11.2. The van der Waals surface area contributed by atoms with E-state index in [1.807, 2.05) is 0 Å². The quantitative estimate of drug-likeness (QED) is 0.724. The number of nitrogens with zero attached hydrogens (tertiary/aromatic N) is 1. The highest BCUT2D eigenvalue weighted by atomic mass is 16.2. The van der Waals surface area contributed by atoms with Gasteiger partial charge in [-0.25, -0.2) is 0 Å². The summed E-state index contributed by atoms with van der Waals surface area (Å²) in [5, 5.41) is 2.97. The molecule has 1 aliphatic heterocycles. The van der Waals surface area contributed by atoms with Crippen LogP contribution in [0.4, 0.5) is 0 Å². The zero-order valence-corrected chi connectivity index (χ0v) is 11.2. The maximum Gasteiger partial charge on any atom is 0.234 e. The van der Waals surface area contributed by atoms with E-state index in [9.17, 15) is 4.79 Å². The molecule has 0 radical (unpaired) electrons. The summed E-state index contributed by atoms with van der Waals surface area (Å²) in [4.78, 5) is 14.0. The molecule has 0 aromatic carbocycles. The number of nitrogens with two attached hydrogens (primary N) is 1. The second-order valence-corrected chi connectivity index (χ2v) is 5.52. The predicted octanol–water partition coefficient (Wildman–Crippen LogP) is 0.819. The van der Waals surface area contributed by atoms with Gasteiger partial charge < -0.3 is 11.1 Å². The molecule has 3 N–H and O–H groups in total. The first-order valence-electron chi connectivity index (χ1n) is 6.81. The molecule has 0 aromatic rings. The molecule has 0 aromatic heterocycles. The lowest BCUT2D eigenvalue weighted by atomic mass is 9.95. The van der Waals surface area contributed by atoms with Crippen LogP contribution >= 0.6 is 0 Å². The van der Waals surface area contributed by atoms with Gasteiger partial charge in [-0.05, 0) is 44.2 Å². The molecule has 4 nitrogen and oxygen atoms in total. The van der Waals surface area contributed by atoms with E-state index in [4.69, 9.17) is 5.73 Å². The Morgan fingerprint density at radius 2 is 2.29 bits per heavy atom. The van der Waals surface area contributed by atoms with Gasteiger partial charge in [0.05, 0.1) is 6.54 Å². The van der Waals surface area contributed by atoms with Crippen LogP contribution in [0, 0.1) is 11.8 Å². The molecule has 4 heteroatoms. The van der Waals surface area contributed by atoms with E-state index in [0.717, 1.165) is 32.6 Å². The van der Waals surface area contributed by atoms with Gasteiger partial charge >= 0.3 is 0 Å². The normalized spacial score (nSPS) is 21.8. The molecule has 0 spiro atoms. The number of carbonyl (C=O) groups excluding carboxylic acids is 1. The molecule has 0 bridgehead atoms. The van der Waals surface area contributed by atoms with Crippen molar-refractivity contribution in [3.05, 3.63) is 0 Å². The number of likely N-dealkylation sites (tertiary alicyclic amines) is 1. The van der Waals surface area contributed by atoms with E-state index in [1.165, 1.54) is 12.8 Å². The number of carbonyl (C=O) groups is 1. The van der Waals surface area contributed by atoms with E-state index in [2.05, 4.69) is 24.1 Å². The second-order valence-electron chi connectivity index (χ2n) is 5.52. The van der Waals surface area contributed by atoms with E-state index < -0.39 is 0 Å². The highest BCUT2D eigenvalue weighted by Crippen LogP contribution is 2.18. The molecule has 100 valence electrons. The fourth-order valence-electron chi connectivity index (χ4n) is 2.34. The molecular formula is C13H27N3O. The van der Waals surface area contributed by atoms with Crippen LogP contribution in [0.25, 0.3) is 0 Å². The monoisotopic (exact) mass is 241 g/mol. The number of amides is 1. The average Bonchev–Trinajstić information content (AvgIpc) is 2.27. The van der Waals surface area contributed by atoms with Crippen LogP contribution in [-0.2, 0) is 4.79 Å². The van der Waals surface area contributed by atoms with Crippen LogP contribution in [-0.4, -0.2) is 43.5 Å². The fourth-order valence-corrected chi connectivity index (χ4v) is 2.34. The molecule has 17 heavy (non-hydrogen) atoms. The summed E-state index contributed by atoms with van der Waals surface area (Å²) in [5.41, 5.74) is 5.59. The van der Waals surface area contributed by atoms with Crippen molar-refractivity contribution in [2.24, 2.45) is 17.6 Å². The van der Waals surface area contributed by atoms with Gasteiger partial charge in [0.2, 0.25) is 5.91 Å². The number of piperidine rings is 1. The second kappa shape index (κ2) is 7.67. The van der Waals surface area contributed by atoms with Gasteiger partial charge in [0.15, 0.2) is 0 Å². The van der Waals surface area contributed by atoms with E-state index in [1.54, 1.807) is 0 Å². The van der Waals surface area contributed by atoms with Gasteiger partial charge in [-0.15, -0.1) is 0 Å². The third kappa shape index (κ3) is 6.03. The van der Waals surface area contributed by atoms with Crippen molar-refractivity contribution in [2.45, 2.75) is 33.1 Å². The molecule has 1 rings (SSSR count). The topological polar surface area (TPSA) is 58.4 Å². The van der Waals surface area contributed by atoms with Crippen LogP contribution in [0.2, 0.25) is 0 Å². The molecule has 1 atom stereocenters. The molecule has 1 aliphatic rings. The molecule has 1 fully saturated rings. The Labute approximate surface area is 105 Å². The summed E-state index contributed by atoms with van der Waals surface area (Å²) in [7, 11) is 0. The number of hydrogen-bond acceptors (Lipinski definition) is 3. The average molecular weight is 241 g/mol. The summed E-state index contributed by atoms with van der Waals surface area (Å²) in [6.07, 6.45) is 3.55. The Morgan fingerprint density at radius 1 is 1.53 bits per heavy atom. The third-order valence-electron chi connectivity index (χ3n) is 3.25. The van der Waals surface area contributed by atoms with Crippen LogP contribution in [0.5, 0.6) is 0 Å². The Hall–Kier alpha value is -0.610. The maximum absolute atomic E-state index is 11.7. The van der Waals surface area contributed by atoms with Crippen LogP contribution in [0.1, 0.15) is 33.1 Å². The molecule has 1 heterocycles. The largest absolute Gasteiger partial charge is 0.355 e. The molecule has 0 aliphatic carbocycles. The Bertz CT molecular complexity index is 229. The van der Waals surface area contributed by atoms with Crippen molar-refractivity contribution in [1.29, 1.82) is 0 Å². The minimum absolute atomic E-state index is 0.159. The summed E-state index contributed by atoms with van der Waals surface area (Å²) in [6, 6.07) is 0. The lowest BCUT2D eigenvalue weighted by Gasteiger charge is -2.32. The van der Waals surface area contributed by atoms with Gasteiger partial charge in [0.25, 0.3) is 0 Å². The molecule has 0 saturated carbocycles. The van der Waals surface area contributed by atoms with Gasteiger partial charge in [-0.1, -0.05) is 13.8 Å². The lowest BCUT2D eigenvalue weighted by molar-refractivity contribution is -0.122. The highest BCUT2D eigenvalue weighted by molar-refractivity contribution is 5.78. The lowest BCUT2D eigenvalue weighted by Crippen LogP contribution is -2.43. The van der Waals surface area contributed by atoms with Gasteiger partial charge in [-0.3, -0.25) is 9.69 Å². The van der Waals surface area contributed by atoms with Crippen molar-refractivity contribution in [2.75, 3.05) is 32.7 Å². The SMILES string of the molecule is CC(C)CNC(=O)CN1CCCC(CCN)C1. The summed E-state index contributed by atoms with van der Waals surface area (Å²) in [6.45, 7) is 8.39. The van der Waals surface area contributed by atoms with Crippen molar-refractivity contribution in [1.82, 2.24) is 10.2 Å². The van der Waals surface area contributed by atoms with Gasteiger partial charge in [0, 0.05) is 13.1 Å². The molecule has 1 unspecified atom stereocenters. The Morgan fingerprint density at radius 3 is 2.94 bits per heavy atom. The number of rotatable bonds is 6. The molecular weight excluding hydrogens is 214 g/mol. The van der Waals surface area contributed by atoms with Crippen molar-refractivity contribution in [3.63, 3.8) is 0 Å². The van der Waals surface area contributed by atoms with Crippen LogP contribution in [0.3, 0.4) is 0 Å². The van der Waals surface area contributed by atoms with Crippen LogP contribution < -0.4 is 11.1 Å². The maximum atomic E-state index is 11.7. The highest BCUT2D eigenvalue weighted by Gasteiger charge is 2.20. The first kappa shape index (κ1) is 14.5. The number of hydrogen-bond donors (Lipinski definition) is 2. The first-order valence-corrected chi connectivity index (χ1v) is 6.81. The summed E-state index contributed by atoms with van der Waals surface area (Å²) in [5.74, 6) is 1.36. The first-order chi connectivity index (χ1) is 8.11. The number of nitrogens with one attached hydrogen (secondary N) is 1. The van der Waals surface area contributed by atoms with E-state index >= 15 is 0 Å². The van der Waals surface area contributed by atoms with Crippen molar-refractivity contribution >= 4 is 5.91 Å². The van der Waals surface area contributed by atoms with E-state index in [-0.39, 0.29) is 5.91 Å². The third-order valence-corrected chi connectivity index (χ3v) is 3.25. The standard InChI is InChI=1S/C13H27N3O/c1-11(2)8-15-13(17)10-16-7-3-4-12(9-16)5-6-14/h11-12H,3-10,14H2,1-2H3,(H,15,17). The van der Waals surface area contributed by atoms with Crippen molar-refractivity contribution < 1.29 is 4.79 Å². The molecule has 1 amide bonds.